The molecule has 5 rings (SSSR count). The lowest BCUT2D eigenvalue weighted by Gasteiger charge is -2.35. The summed E-state index contributed by atoms with van der Waals surface area (Å²) in [5, 5.41) is 0.440. The fraction of sp³-hybridized carbons (Fsp3) is 0.333. The van der Waals surface area contributed by atoms with Crippen LogP contribution >= 0.6 is 11.6 Å². The summed E-state index contributed by atoms with van der Waals surface area (Å²) >= 11 is 6.00. The molecule has 1 aromatic carbocycles. The Morgan fingerprint density at radius 1 is 1.12 bits per heavy atom. The highest BCUT2D eigenvalue weighted by molar-refractivity contribution is 6.30. The summed E-state index contributed by atoms with van der Waals surface area (Å²) in [6.45, 7) is 0. The second-order valence-corrected chi connectivity index (χ2v) is 8.62. The zero-order chi connectivity index (χ0) is 22.4. The monoisotopic (exact) mass is 452 g/mol. The quantitative estimate of drug-likeness (QED) is 0.654. The summed E-state index contributed by atoms with van der Waals surface area (Å²) in [6, 6.07) is 9.28. The number of Topliss-reactive ketones (excluding diaryl/α,β-unsaturated/α-hetero) is 1. The number of nitrogens with zero attached hydrogens (tertiary/aromatic N) is 2. The molecular formula is C24H21ClN2O5. The standard InChI is InChI=1S/C24H21ClN2O5/c1-31-24(30)14-8-6-13(7-9-14)20-19-21(28)16-4-2-3-5-17(16)32-22(19)23(29)27(20)18-11-10-15(25)12-26-18/h6-12,16-17,20H,2-5H2,1H3. The van der Waals surface area contributed by atoms with Gasteiger partial charge in [0.15, 0.2) is 11.5 Å². The van der Waals surface area contributed by atoms with Crippen molar-refractivity contribution in [3.05, 3.63) is 70.1 Å². The molecule has 2 aliphatic heterocycles. The fourth-order valence-corrected chi connectivity index (χ4v) is 4.94. The second-order valence-electron chi connectivity index (χ2n) is 8.18. The van der Waals surface area contributed by atoms with E-state index < -0.39 is 17.9 Å². The average Bonchev–Trinajstić information content (AvgIpc) is 3.12. The van der Waals surface area contributed by atoms with Crippen LogP contribution in [0.5, 0.6) is 0 Å². The molecule has 2 aromatic rings. The lowest BCUT2D eigenvalue weighted by atomic mass is 9.77. The van der Waals surface area contributed by atoms with E-state index in [1.165, 1.54) is 18.2 Å². The number of benzene rings is 1. The van der Waals surface area contributed by atoms with Crippen LogP contribution in [0.1, 0.15) is 47.6 Å². The van der Waals surface area contributed by atoms with Crippen molar-refractivity contribution in [3.8, 4) is 0 Å². The number of carbonyl (C=O) groups is 3. The minimum absolute atomic E-state index is 0.0391. The third-order valence-corrected chi connectivity index (χ3v) is 6.59. The van der Waals surface area contributed by atoms with Crippen molar-refractivity contribution in [1.82, 2.24) is 4.98 Å². The Bertz CT molecular complexity index is 1130. The Morgan fingerprint density at radius 3 is 2.56 bits per heavy atom. The van der Waals surface area contributed by atoms with Gasteiger partial charge < -0.3 is 9.47 Å². The fourth-order valence-electron chi connectivity index (χ4n) is 4.83. The van der Waals surface area contributed by atoms with E-state index in [1.54, 1.807) is 36.4 Å². The van der Waals surface area contributed by atoms with E-state index >= 15 is 0 Å². The van der Waals surface area contributed by atoms with Crippen molar-refractivity contribution in [2.24, 2.45) is 5.92 Å². The maximum absolute atomic E-state index is 13.6. The van der Waals surface area contributed by atoms with Crippen LogP contribution in [0, 0.1) is 5.92 Å². The predicted molar refractivity (Wildman–Crippen MR) is 116 cm³/mol. The van der Waals surface area contributed by atoms with Crippen LogP contribution in [0.15, 0.2) is 53.9 Å². The summed E-state index contributed by atoms with van der Waals surface area (Å²) < 4.78 is 10.9. The number of esters is 1. The van der Waals surface area contributed by atoms with Gasteiger partial charge in [-0.05, 0) is 49.1 Å². The first-order valence-corrected chi connectivity index (χ1v) is 11.0. The van der Waals surface area contributed by atoms with Crippen LogP contribution in [-0.4, -0.2) is 35.9 Å². The number of carbonyl (C=O) groups excluding carboxylic acids is 3. The Hall–Kier alpha value is -3.19. The number of hydrogen-bond donors (Lipinski definition) is 0. The van der Waals surface area contributed by atoms with Crippen molar-refractivity contribution < 1.29 is 23.9 Å². The molecule has 3 unspecified atom stereocenters. The van der Waals surface area contributed by atoms with Crippen LogP contribution in [-0.2, 0) is 19.1 Å². The largest absolute Gasteiger partial charge is 0.483 e. The molecule has 1 aromatic heterocycles. The molecule has 32 heavy (non-hydrogen) atoms. The number of amides is 1. The number of fused-ring (bicyclic) bond motifs is 1. The van der Waals surface area contributed by atoms with E-state index in [0.29, 0.717) is 27.5 Å². The molecule has 8 heteroatoms. The molecule has 3 heterocycles. The van der Waals surface area contributed by atoms with Gasteiger partial charge in [0, 0.05) is 6.20 Å². The third kappa shape index (κ3) is 3.28. The summed E-state index contributed by atoms with van der Waals surface area (Å²) in [5.41, 5.74) is 1.42. The summed E-state index contributed by atoms with van der Waals surface area (Å²) in [6.07, 6.45) is 4.65. The molecule has 3 atom stereocenters. The van der Waals surface area contributed by atoms with Crippen LogP contribution in [0.2, 0.25) is 5.02 Å². The van der Waals surface area contributed by atoms with Crippen LogP contribution < -0.4 is 4.90 Å². The number of pyridine rings is 1. The number of ketones is 1. The van der Waals surface area contributed by atoms with Gasteiger partial charge in [0.2, 0.25) is 0 Å². The number of anilines is 1. The van der Waals surface area contributed by atoms with E-state index in [4.69, 9.17) is 21.1 Å². The molecule has 0 saturated heterocycles. The van der Waals surface area contributed by atoms with Gasteiger partial charge in [0.1, 0.15) is 11.9 Å². The molecule has 1 fully saturated rings. The molecule has 0 spiro atoms. The second kappa shape index (κ2) is 8.06. The van der Waals surface area contributed by atoms with Crippen LogP contribution in [0.4, 0.5) is 5.82 Å². The molecule has 7 nitrogen and oxygen atoms in total. The topological polar surface area (TPSA) is 85.8 Å². The molecule has 164 valence electrons. The molecule has 1 amide bonds. The van der Waals surface area contributed by atoms with Crippen molar-refractivity contribution in [3.63, 3.8) is 0 Å². The number of rotatable bonds is 3. The Labute approximate surface area is 190 Å². The van der Waals surface area contributed by atoms with Gasteiger partial charge in [0.05, 0.1) is 35.2 Å². The normalized spacial score (nSPS) is 24.7. The van der Waals surface area contributed by atoms with Crippen molar-refractivity contribution in [2.75, 3.05) is 12.0 Å². The van der Waals surface area contributed by atoms with Gasteiger partial charge in [-0.15, -0.1) is 0 Å². The third-order valence-electron chi connectivity index (χ3n) is 6.37. The molecule has 0 radical (unpaired) electrons. The van der Waals surface area contributed by atoms with Crippen LogP contribution in [0.25, 0.3) is 0 Å². The van der Waals surface area contributed by atoms with Crippen molar-refractivity contribution in [1.29, 1.82) is 0 Å². The minimum atomic E-state index is -0.701. The van der Waals surface area contributed by atoms with E-state index in [0.717, 1.165) is 25.7 Å². The van der Waals surface area contributed by atoms with Gasteiger partial charge in [-0.1, -0.05) is 30.2 Å². The number of methoxy groups -OCH3 is 1. The lowest BCUT2D eigenvalue weighted by molar-refractivity contribution is -0.131. The smallest absolute Gasteiger partial charge is 0.337 e. The number of ether oxygens (including phenoxy) is 2. The molecule has 3 aliphatic rings. The highest BCUT2D eigenvalue weighted by atomic mass is 35.5. The first kappa shape index (κ1) is 20.7. The van der Waals surface area contributed by atoms with E-state index in [-0.39, 0.29) is 23.6 Å². The number of halogens is 1. The zero-order valence-electron chi connectivity index (χ0n) is 17.4. The van der Waals surface area contributed by atoms with Gasteiger partial charge in [-0.25, -0.2) is 9.78 Å². The Morgan fingerprint density at radius 2 is 1.88 bits per heavy atom. The first-order chi connectivity index (χ1) is 15.5. The van der Waals surface area contributed by atoms with Crippen molar-refractivity contribution in [2.45, 2.75) is 37.8 Å². The van der Waals surface area contributed by atoms with E-state index in [9.17, 15) is 14.4 Å². The average molecular weight is 453 g/mol. The molecular weight excluding hydrogens is 432 g/mol. The lowest BCUT2D eigenvalue weighted by Crippen LogP contribution is -2.39. The highest BCUT2D eigenvalue weighted by Gasteiger charge is 2.52. The Balaban J connectivity index is 1.62. The molecule has 0 N–H and O–H groups in total. The SMILES string of the molecule is COC(=O)c1ccc(C2C3=C(OC4CCCCC4C3=O)C(=O)N2c2ccc(Cl)cn2)cc1. The van der Waals surface area contributed by atoms with Gasteiger partial charge in [-0.3, -0.25) is 14.5 Å². The molecule has 0 bridgehead atoms. The van der Waals surface area contributed by atoms with Gasteiger partial charge in [-0.2, -0.15) is 0 Å². The summed E-state index contributed by atoms with van der Waals surface area (Å²) in [5.74, 6) is -0.660. The van der Waals surface area contributed by atoms with E-state index in [2.05, 4.69) is 4.98 Å². The van der Waals surface area contributed by atoms with Crippen LogP contribution in [0.3, 0.4) is 0 Å². The highest BCUT2D eigenvalue weighted by Crippen LogP contribution is 2.48. The number of aromatic nitrogens is 1. The molecule has 1 saturated carbocycles. The van der Waals surface area contributed by atoms with Gasteiger partial charge in [0.25, 0.3) is 5.91 Å². The summed E-state index contributed by atoms with van der Waals surface area (Å²) in [7, 11) is 1.32. The Kier molecular flexibility index (Phi) is 5.21. The molecule has 1 aliphatic carbocycles. The zero-order valence-corrected chi connectivity index (χ0v) is 18.2. The van der Waals surface area contributed by atoms with E-state index in [1.807, 2.05) is 0 Å². The maximum Gasteiger partial charge on any atom is 0.337 e. The number of hydrogen-bond acceptors (Lipinski definition) is 6. The first-order valence-electron chi connectivity index (χ1n) is 10.6. The predicted octanol–water partition coefficient (Wildman–Crippen LogP) is 4.02. The summed E-state index contributed by atoms with van der Waals surface area (Å²) in [4.78, 5) is 44.7. The maximum atomic E-state index is 13.6. The van der Waals surface area contributed by atoms with Crippen molar-refractivity contribution >= 4 is 35.1 Å². The minimum Gasteiger partial charge on any atom is -0.483 e. The van der Waals surface area contributed by atoms with Gasteiger partial charge >= 0.3 is 5.97 Å².